The summed E-state index contributed by atoms with van der Waals surface area (Å²) in [5.41, 5.74) is 1.08. The summed E-state index contributed by atoms with van der Waals surface area (Å²) in [6.45, 7) is 4.84. The zero-order chi connectivity index (χ0) is 24.6. The fourth-order valence-electron chi connectivity index (χ4n) is 3.78. The van der Waals surface area contributed by atoms with Crippen molar-refractivity contribution >= 4 is 45.7 Å². The van der Waals surface area contributed by atoms with E-state index in [-0.39, 0.29) is 18.1 Å². The number of nitro benzene ring substituents is 1. The van der Waals surface area contributed by atoms with Crippen LogP contribution in [0.4, 0.5) is 21.3 Å². The molecule has 0 saturated carbocycles. The number of carbonyl (C=O) groups excluding carboxylic acids is 3. The molecule has 1 aromatic heterocycles. The maximum Gasteiger partial charge on any atom is 0.325 e. The fraction of sp³-hybridized carbons (Fsp3) is 0.217. The van der Waals surface area contributed by atoms with E-state index in [2.05, 4.69) is 10.3 Å². The number of nitro groups is 1. The van der Waals surface area contributed by atoms with E-state index in [4.69, 9.17) is 0 Å². The smallest absolute Gasteiger partial charge is 0.319 e. The Hall–Kier alpha value is -4.12. The van der Waals surface area contributed by atoms with Crippen LogP contribution in [-0.4, -0.2) is 32.7 Å². The first-order valence-corrected chi connectivity index (χ1v) is 11.2. The molecule has 11 heteroatoms. The summed E-state index contributed by atoms with van der Waals surface area (Å²) in [4.78, 5) is 55.6. The van der Waals surface area contributed by atoms with Crippen LogP contribution in [0.1, 0.15) is 30.7 Å². The van der Waals surface area contributed by atoms with Crippen molar-refractivity contribution in [1.29, 1.82) is 0 Å². The number of imide groups is 1. The van der Waals surface area contributed by atoms with E-state index in [0.29, 0.717) is 22.1 Å². The van der Waals surface area contributed by atoms with Gasteiger partial charge < -0.3 is 5.32 Å². The number of anilines is 2. The molecule has 0 bridgehead atoms. The second-order valence-electron chi connectivity index (χ2n) is 8.07. The highest BCUT2D eigenvalue weighted by Crippen LogP contribution is 2.33. The van der Waals surface area contributed by atoms with Gasteiger partial charge in [-0.15, -0.1) is 11.3 Å². The number of nitrogens with one attached hydrogen (secondary N) is 1. The van der Waals surface area contributed by atoms with Crippen molar-refractivity contribution in [2.75, 3.05) is 4.90 Å². The van der Waals surface area contributed by atoms with E-state index in [1.54, 1.807) is 12.3 Å². The van der Waals surface area contributed by atoms with Crippen LogP contribution in [0, 0.1) is 17.0 Å². The number of urea groups is 1. The van der Waals surface area contributed by atoms with Crippen molar-refractivity contribution in [2.45, 2.75) is 32.9 Å². The van der Waals surface area contributed by atoms with Gasteiger partial charge in [-0.1, -0.05) is 12.1 Å². The van der Waals surface area contributed by atoms with Crippen LogP contribution in [0.25, 0.3) is 0 Å². The summed E-state index contributed by atoms with van der Waals surface area (Å²) in [6.07, 6.45) is 0. The molecule has 0 spiro atoms. The van der Waals surface area contributed by atoms with Crippen LogP contribution in [0.2, 0.25) is 0 Å². The molecular formula is C23H21N5O5S. The van der Waals surface area contributed by atoms with Crippen molar-refractivity contribution < 1.29 is 19.3 Å². The van der Waals surface area contributed by atoms with Crippen LogP contribution in [0.15, 0.2) is 53.9 Å². The Bertz CT molecular complexity index is 1310. The lowest BCUT2D eigenvalue weighted by molar-refractivity contribution is -0.384. The van der Waals surface area contributed by atoms with E-state index in [0.717, 1.165) is 10.5 Å². The second kappa shape index (κ2) is 8.67. The predicted molar refractivity (Wildman–Crippen MR) is 126 cm³/mol. The van der Waals surface area contributed by atoms with Crippen molar-refractivity contribution in [3.8, 4) is 0 Å². The number of amides is 4. The molecule has 174 valence electrons. The van der Waals surface area contributed by atoms with Gasteiger partial charge in [0.2, 0.25) is 5.91 Å². The molecule has 4 rings (SSSR count). The lowest BCUT2D eigenvalue weighted by Gasteiger charge is -2.22. The number of thiazole rings is 1. The molecule has 34 heavy (non-hydrogen) atoms. The standard InChI is InChI=1S/C23H21N5O5S/c1-14-5-4-6-19(11-14)27(15(2)29)22-24-17(13-34-22)12-26-20(30)23(3,25-21(26)31)16-7-9-18(10-8-16)28(32)33/h4-11,13H,12H2,1-3H3,(H,25,31)/t23-/m0/s1. The van der Waals surface area contributed by atoms with Gasteiger partial charge in [-0.05, 0) is 49.2 Å². The highest BCUT2D eigenvalue weighted by atomic mass is 32.1. The third-order valence-corrected chi connectivity index (χ3v) is 6.43. The van der Waals surface area contributed by atoms with Crippen LogP contribution >= 0.6 is 11.3 Å². The molecule has 2 aromatic carbocycles. The molecule has 2 heterocycles. The number of aryl methyl sites for hydroxylation is 1. The average molecular weight is 480 g/mol. The SMILES string of the molecule is CC(=O)N(c1cccc(C)c1)c1nc(CN2C(=O)N[C@@](C)(c3ccc([N+](=O)[O-])cc3)C2=O)cs1. The van der Waals surface area contributed by atoms with E-state index in [1.807, 2.05) is 31.2 Å². The zero-order valence-electron chi connectivity index (χ0n) is 18.6. The Morgan fingerprint density at radius 2 is 1.94 bits per heavy atom. The van der Waals surface area contributed by atoms with Crippen LogP contribution in [-0.2, 0) is 21.7 Å². The number of rotatable bonds is 6. The summed E-state index contributed by atoms with van der Waals surface area (Å²) in [5.74, 6) is -0.713. The summed E-state index contributed by atoms with van der Waals surface area (Å²) in [7, 11) is 0. The quantitative estimate of drug-likeness (QED) is 0.323. The lowest BCUT2D eigenvalue weighted by Crippen LogP contribution is -2.40. The molecule has 4 amide bonds. The Kier molecular flexibility index (Phi) is 5.88. The highest BCUT2D eigenvalue weighted by Gasteiger charge is 2.49. The number of benzene rings is 2. The highest BCUT2D eigenvalue weighted by molar-refractivity contribution is 7.14. The Morgan fingerprint density at radius 1 is 1.24 bits per heavy atom. The molecule has 10 nitrogen and oxygen atoms in total. The topological polar surface area (TPSA) is 126 Å². The molecule has 3 aromatic rings. The van der Waals surface area contributed by atoms with Gasteiger partial charge in [0.15, 0.2) is 5.13 Å². The molecule has 1 aliphatic rings. The summed E-state index contributed by atoms with van der Waals surface area (Å²) >= 11 is 1.23. The number of nitrogens with zero attached hydrogens (tertiary/aromatic N) is 4. The normalized spacial score (nSPS) is 17.6. The number of carbonyl (C=O) groups is 3. The predicted octanol–water partition coefficient (Wildman–Crippen LogP) is 4.01. The van der Waals surface area contributed by atoms with Crippen LogP contribution in [0.5, 0.6) is 0 Å². The molecule has 0 radical (unpaired) electrons. The number of non-ortho nitro benzene ring substituents is 1. The molecule has 1 saturated heterocycles. The van der Waals surface area contributed by atoms with Crippen molar-refractivity contribution in [3.05, 3.63) is 80.8 Å². The first-order chi connectivity index (χ1) is 16.1. The van der Waals surface area contributed by atoms with E-state index >= 15 is 0 Å². The summed E-state index contributed by atoms with van der Waals surface area (Å²) in [6, 6.07) is 12.3. The van der Waals surface area contributed by atoms with E-state index in [9.17, 15) is 24.5 Å². The second-order valence-corrected chi connectivity index (χ2v) is 8.90. The van der Waals surface area contributed by atoms with E-state index in [1.165, 1.54) is 47.4 Å². The van der Waals surface area contributed by atoms with Gasteiger partial charge in [0.05, 0.1) is 22.8 Å². The molecule has 1 fully saturated rings. The third kappa shape index (κ3) is 4.13. The van der Waals surface area contributed by atoms with Gasteiger partial charge in [-0.3, -0.25) is 29.5 Å². The van der Waals surface area contributed by atoms with Gasteiger partial charge in [0, 0.05) is 24.4 Å². The van der Waals surface area contributed by atoms with Gasteiger partial charge in [-0.2, -0.15) is 0 Å². The van der Waals surface area contributed by atoms with Gasteiger partial charge in [0.25, 0.3) is 11.6 Å². The minimum Gasteiger partial charge on any atom is -0.319 e. The lowest BCUT2D eigenvalue weighted by atomic mass is 9.92. The molecule has 0 aliphatic carbocycles. The summed E-state index contributed by atoms with van der Waals surface area (Å²) in [5, 5.41) is 15.7. The first-order valence-electron chi connectivity index (χ1n) is 10.3. The molecule has 1 atom stereocenters. The fourth-order valence-corrected chi connectivity index (χ4v) is 4.66. The van der Waals surface area contributed by atoms with Gasteiger partial charge in [0.1, 0.15) is 5.54 Å². The number of hydrogen-bond acceptors (Lipinski definition) is 7. The molecule has 0 unspecified atom stereocenters. The minimum atomic E-state index is -1.36. The van der Waals surface area contributed by atoms with Gasteiger partial charge >= 0.3 is 6.03 Å². The third-order valence-electron chi connectivity index (χ3n) is 5.56. The Morgan fingerprint density at radius 3 is 2.56 bits per heavy atom. The van der Waals surface area contributed by atoms with E-state index < -0.39 is 22.4 Å². The molecule has 1 aliphatic heterocycles. The monoisotopic (exact) mass is 479 g/mol. The maximum atomic E-state index is 13.2. The Balaban J connectivity index is 1.56. The molecule has 1 N–H and O–H groups in total. The van der Waals surface area contributed by atoms with Crippen LogP contribution < -0.4 is 10.2 Å². The van der Waals surface area contributed by atoms with Crippen molar-refractivity contribution in [3.63, 3.8) is 0 Å². The largest absolute Gasteiger partial charge is 0.325 e. The van der Waals surface area contributed by atoms with Crippen molar-refractivity contribution in [1.82, 2.24) is 15.2 Å². The number of aromatic nitrogens is 1. The average Bonchev–Trinajstić information content (AvgIpc) is 3.32. The minimum absolute atomic E-state index is 0.0801. The first kappa shape index (κ1) is 23.1. The maximum absolute atomic E-state index is 13.2. The molecular weight excluding hydrogens is 458 g/mol. The zero-order valence-corrected chi connectivity index (χ0v) is 19.5. The number of hydrogen-bond donors (Lipinski definition) is 1. The van der Waals surface area contributed by atoms with Crippen molar-refractivity contribution in [2.24, 2.45) is 0 Å². The Labute approximate surface area is 199 Å². The summed E-state index contributed by atoms with van der Waals surface area (Å²) < 4.78 is 0. The van der Waals surface area contributed by atoms with Crippen LogP contribution in [0.3, 0.4) is 0 Å². The van der Waals surface area contributed by atoms with Gasteiger partial charge in [-0.25, -0.2) is 9.78 Å².